The smallest absolute Gasteiger partial charge is 0.264 e. The molecule has 28 heavy (non-hydrogen) atoms. The fraction of sp³-hybridized carbons (Fsp3) is 0.350. The third-order valence-corrected chi connectivity index (χ3v) is 6.36. The summed E-state index contributed by atoms with van der Waals surface area (Å²) in [4.78, 5) is 12.6. The first kappa shape index (κ1) is 22.2. The van der Waals surface area contributed by atoms with Gasteiger partial charge in [-0.05, 0) is 50.6 Å². The number of hydrogen-bond donors (Lipinski definition) is 1. The fourth-order valence-electron chi connectivity index (χ4n) is 2.63. The van der Waals surface area contributed by atoms with Gasteiger partial charge in [0.15, 0.2) is 0 Å². The highest BCUT2D eigenvalue weighted by Gasteiger charge is 2.28. The normalized spacial score (nSPS) is 12.5. The van der Waals surface area contributed by atoms with E-state index in [1.807, 2.05) is 13.8 Å². The van der Waals surface area contributed by atoms with E-state index in [2.05, 4.69) is 5.32 Å². The lowest BCUT2D eigenvalue weighted by Crippen LogP contribution is -2.44. The van der Waals surface area contributed by atoms with Crippen LogP contribution in [0.2, 0.25) is 5.02 Å². The minimum absolute atomic E-state index is 0.104. The van der Waals surface area contributed by atoms with Crippen LogP contribution in [0.5, 0.6) is 0 Å². The van der Waals surface area contributed by atoms with Crippen LogP contribution in [0.25, 0.3) is 0 Å². The van der Waals surface area contributed by atoms with E-state index in [-0.39, 0.29) is 17.5 Å². The minimum Gasteiger partial charge on any atom is -0.383 e. The first-order valence-electron chi connectivity index (χ1n) is 8.79. The van der Waals surface area contributed by atoms with Gasteiger partial charge in [-0.1, -0.05) is 35.4 Å². The lowest BCUT2D eigenvalue weighted by molar-refractivity contribution is -0.120. The Bertz CT molecular complexity index is 930. The van der Waals surface area contributed by atoms with Crippen molar-refractivity contribution in [1.82, 2.24) is 5.32 Å². The lowest BCUT2D eigenvalue weighted by Gasteiger charge is -2.25. The Kier molecular flexibility index (Phi) is 7.46. The molecule has 1 amide bonds. The van der Waals surface area contributed by atoms with Gasteiger partial charge in [-0.15, -0.1) is 0 Å². The monoisotopic (exact) mass is 424 g/mol. The Hall–Kier alpha value is -2.09. The van der Waals surface area contributed by atoms with Gasteiger partial charge in [0.25, 0.3) is 10.0 Å². The molecule has 152 valence electrons. The average molecular weight is 425 g/mol. The number of nitrogens with one attached hydrogen (secondary N) is 1. The average Bonchev–Trinajstić information content (AvgIpc) is 2.62. The number of amides is 1. The van der Waals surface area contributed by atoms with Crippen LogP contribution in [0.1, 0.15) is 18.1 Å². The van der Waals surface area contributed by atoms with E-state index in [0.29, 0.717) is 17.3 Å². The van der Waals surface area contributed by atoms with Crippen molar-refractivity contribution in [1.29, 1.82) is 0 Å². The lowest BCUT2D eigenvalue weighted by atomic mass is 10.2. The van der Waals surface area contributed by atoms with Crippen molar-refractivity contribution in [3.8, 4) is 0 Å². The molecule has 0 aliphatic heterocycles. The van der Waals surface area contributed by atoms with Crippen LogP contribution in [0.3, 0.4) is 0 Å². The van der Waals surface area contributed by atoms with Crippen molar-refractivity contribution >= 4 is 33.2 Å². The maximum absolute atomic E-state index is 13.3. The van der Waals surface area contributed by atoms with Crippen LogP contribution < -0.4 is 9.62 Å². The van der Waals surface area contributed by atoms with Gasteiger partial charge in [0, 0.05) is 18.2 Å². The number of rotatable bonds is 8. The molecule has 2 aromatic carbocycles. The summed E-state index contributed by atoms with van der Waals surface area (Å²) in [5.41, 5.74) is 2.08. The van der Waals surface area contributed by atoms with E-state index in [4.69, 9.17) is 16.3 Å². The molecule has 8 heteroatoms. The number of anilines is 1. The predicted octanol–water partition coefficient (Wildman–Crippen LogP) is 3.30. The quantitative estimate of drug-likeness (QED) is 0.705. The van der Waals surface area contributed by atoms with Gasteiger partial charge in [0.2, 0.25) is 5.91 Å². The second kappa shape index (κ2) is 9.41. The maximum Gasteiger partial charge on any atom is 0.264 e. The Balaban J connectivity index is 2.42. The molecule has 0 radical (unpaired) electrons. The van der Waals surface area contributed by atoms with Crippen LogP contribution in [-0.2, 0) is 19.6 Å². The molecule has 0 bridgehead atoms. The standard InChI is InChI=1S/C20H25ClN2O4S/c1-14-5-9-18(10-6-14)28(25,26)23(12-20(24)22-16(3)13-27-4)17-8-7-15(2)19(21)11-17/h5-11,16H,12-13H2,1-4H3,(H,22,24)/t16-/m0/s1. The molecule has 2 rings (SSSR count). The molecular formula is C20H25ClN2O4S. The third-order valence-electron chi connectivity index (χ3n) is 4.16. The van der Waals surface area contributed by atoms with Crippen LogP contribution in [-0.4, -0.2) is 40.6 Å². The first-order chi connectivity index (χ1) is 13.1. The fourth-order valence-corrected chi connectivity index (χ4v) is 4.22. The molecule has 0 heterocycles. The number of aryl methyl sites for hydroxylation is 2. The van der Waals surface area contributed by atoms with Crippen molar-refractivity contribution in [3.05, 3.63) is 58.6 Å². The summed E-state index contributed by atoms with van der Waals surface area (Å²) >= 11 is 6.20. The molecule has 0 aliphatic carbocycles. The summed E-state index contributed by atoms with van der Waals surface area (Å²) < 4.78 is 32.6. The number of sulfonamides is 1. The van der Waals surface area contributed by atoms with Gasteiger partial charge in [-0.25, -0.2) is 8.42 Å². The van der Waals surface area contributed by atoms with Gasteiger partial charge in [-0.2, -0.15) is 0 Å². The zero-order valence-corrected chi connectivity index (χ0v) is 18.0. The highest BCUT2D eigenvalue weighted by atomic mass is 35.5. The SMILES string of the molecule is COC[C@H](C)NC(=O)CN(c1ccc(C)c(Cl)c1)S(=O)(=O)c1ccc(C)cc1. The zero-order valence-electron chi connectivity index (χ0n) is 16.4. The zero-order chi connectivity index (χ0) is 20.9. The summed E-state index contributed by atoms with van der Waals surface area (Å²) in [5, 5.41) is 3.16. The summed E-state index contributed by atoms with van der Waals surface area (Å²) in [6.45, 7) is 5.43. The molecule has 0 unspecified atom stereocenters. The molecule has 0 spiro atoms. The van der Waals surface area contributed by atoms with Gasteiger partial charge < -0.3 is 10.1 Å². The topological polar surface area (TPSA) is 75.7 Å². The maximum atomic E-state index is 13.3. The summed E-state index contributed by atoms with van der Waals surface area (Å²) in [6.07, 6.45) is 0. The molecule has 1 N–H and O–H groups in total. The Morgan fingerprint density at radius 2 is 1.82 bits per heavy atom. The summed E-state index contributed by atoms with van der Waals surface area (Å²) in [5.74, 6) is -0.433. The number of hydrogen-bond acceptors (Lipinski definition) is 4. The van der Waals surface area contributed by atoms with Gasteiger partial charge >= 0.3 is 0 Å². The minimum atomic E-state index is -3.96. The van der Waals surface area contributed by atoms with Crippen LogP contribution in [0.4, 0.5) is 5.69 Å². The van der Waals surface area contributed by atoms with Crippen LogP contribution >= 0.6 is 11.6 Å². The van der Waals surface area contributed by atoms with Gasteiger partial charge in [-0.3, -0.25) is 9.10 Å². The van der Waals surface area contributed by atoms with Gasteiger partial charge in [0.05, 0.1) is 17.2 Å². The number of carbonyl (C=O) groups is 1. The van der Waals surface area contributed by atoms with E-state index in [9.17, 15) is 13.2 Å². The largest absolute Gasteiger partial charge is 0.383 e. The Labute approximate surface area is 171 Å². The first-order valence-corrected chi connectivity index (χ1v) is 10.6. The molecule has 0 fully saturated rings. The number of nitrogens with zero attached hydrogens (tertiary/aromatic N) is 1. The molecule has 0 saturated carbocycles. The van der Waals surface area contributed by atoms with Crippen molar-refractivity contribution in [3.63, 3.8) is 0 Å². The third kappa shape index (κ3) is 5.47. The molecular weight excluding hydrogens is 400 g/mol. The van der Waals surface area contributed by atoms with Crippen LogP contribution in [0, 0.1) is 13.8 Å². The van der Waals surface area contributed by atoms with Crippen molar-refractivity contribution in [2.45, 2.75) is 31.7 Å². The number of ether oxygens (including phenoxy) is 1. The number of halogens is 1. The number of benzene rings is 2. The molecule has 0 aromatic heterocycles. The molecule has 0 aliphatic rings. The Morgan fingerprint density at radius 1 is 1.18 bits per heavy atom. The van der Waals surface area contributed by atoms with E-state index in [1.54, 1.807) is 37.3 Å². The Morgan fingerprint density at radius 3 is 2.39 bits per heavy atom. The second-order valence-corrected chi connectivity index (χ2v) is 8.95. The summed E-state index contributed by atoms with van der Waals surface area (Å²) in [6, 6.07) is 11.1. The molecule has 0 saturated heterocycles. The predicted molar refractivity (Wildman–Crippen MR) is 111 cm³/mol. The number of methoxy groups -OCH3 is 1. The van der Waals surface area contributed by atoms with E-state index in [1.165, 1.54) is 19.2 Å². The highest BCUT2D eigenvalue weighted by Crippen LogP contribution is 2.28. The molecule has 2 aromatic rings. The molecule has 1 atom stereocenters. The van der Waals surface area contributed by atoms with E-state index < -0.39 is 15.9 Å². The van der Waals surface area contributed by atoms with E-state index in [0.717, 1.165) is 15.4 Å². The number of carbonyl (C=O) groups excluding carboxylic acids is 1. The van der Waals surface area contributed by atoms with Crippen LogP contribution in [0.15, 0.2) is 47.4 Å². The highest BCUT2D eigenvalue weighted by molar-refractivity contribution is 7.92. The van der Waals surface area contributed by atoms with Crippen molar-refractivity contribution in [2.24, 2.45) is 0 Å². The molecule has 6 nitrogen and oxygen atoms in total. The van der Waals surface area contributed by atoms with Crippen molar-refractivity contribution in [2.75, 3.05) is 24.6 Å². The van der Waals surface area contributed by atoms with Crippen molar-refractivity contribution < 1.29 is 17.9 Å². The van der Waals surface area contributed by atoms with Gasteiger partial charge in [0.1, 0.15) is 6.54 Å². The second-order valence-electron chi connectivity index (χ2n) is 6.68. The summed E-state index contributed by atoms with van der Waals surface area (Å²) in [7, 11) is -2.43. The van der Waals surface area contributed by atoms with E-state index >= 15 is 0 Å².